The van der Waals surface area contributed by atoms with Crippen LogP contribution >= 0.6 is 0 Å². The first-order valence-electron chi connectivity index (χ1n) is 10.7. The van der Waals surface area contributed by atoms with Gasteiger partial charge >= 0.3 is 0 Å². The summed E-state index contributed by atoms with van der Waals surface area (Å²) in [6.07, 6.45) is -0.149. The Hall–Kier alpha value is -2.05. The van der Waals surface area contributed by atoms with Gasteiger partial charge in [-0.2, -0.15) is 0 Å². The van der Waals surface area contributed by atoms with Crippen molar-refractivity contribution in [1.29, 1.82) is 0 Å². The Morgan fingerprint density at radius 3 is 1.87 bits per heavy atom. The molecule has 1 heterocycles. The quantitative estimate of drug-likeness (QED) is 0.395. The van der Waals surface area contributed by atoms with Gasteiger partial charge in [0.1, 0.15) is 6.10 Å². The lowest BCUT2D eigenvalue weighted by molar-refractivity contribution is 0.249. The van der Waals surface area contributed by atoms with Crippen LogP contribution in [0.5, 0.6) is 0 Å². The highest BCUT2D eigenvalue weighted by Gasteiger charge is 2.53. The van der Waals surface area contributed by atoms with E-state index in [1.807, 2.05) is 43.3 Å². The molecule has 0 bridgehead atoms. The Morgan fingerprint density at radius 1 is 0.871 bits per heavy atom. The van der Waals surface area contributed by atoms with Gasteiger partial charge in [0.05, 0.1) is 17.4 Å². The summed E-state index contributed by atoms with van der Waals surface area (Å²) in [5.41, 5.74) is 0.852. The molecule has 1 aliphatic rings. The van der Waals surface area contributed by atoms with Crippen molar-refractivity contribution in [3.05, 3.63) is 90.5 Å². The summed E-state index contributed by atoms with van der Waals surface area (Å²) in [7, 11) is -3.79. The third kappa shape index (κ3) is 4.46. The highest BCUT2D eigenvalue weighted by molar-refractivity contribution is 7.85. The van der Waals surface area contributed by atoms with E-state index in [0.717, 1.165) is 10.5 Å². The number of ether oxygens (including phenoxy) is 1. The zero-order chi connectivity index (χ0) is 22.1. The fraction of sp³-hybridized carbons (Fsp3) is 0.308. The second-order valence-corrected chi connectivity index (χ2v) is 15.0. The molecule has 0 aromatic heterocycles. The Morgan fingerprint density at radius 2 is 1.39 bits per heavy atom. The average molecular weight is 451 g/mol. The first-order chi connectivity index (χ1) is 14.8. The highest BCUT2D eigenvalue weighted by Crippen LogP contribution is 2.38. The summed E-state index contributed by atoms with van der Waals surface area (Å²) in [6, 6.07) is 29.0. The molecule has 31 heavy (non-hydrogen) atoms. The van der Waals surface area contributed by atoms with E-state index in [4.69, 9.17) is 9.16 Å². The summed E-state index contributed by atoms with van der Waals surface area (Å²) in [5.74, 6) is 0. The van der Waals surface area contributed by atoms with Gasteiger partial charge in [-0.15, -0.1) is 0 Å². The van der Waals surface area contributed by atoms with E-state index in [1.165, 1.54) is 10.4 Å². The fourth-order valence-corrected chi connectivity index (χ4v) is 10.0. The van der Waals surface area contributed by atoms with Crippen molar-refractivity contribution in [2.45, 2.75) is 49.2 Å². The summed E-state index contributed by atoms with van der Waals surface area (Å²) in [5, 5.41) is 2.40. The van der Waals surface area contributed by atoms with Crippen LogP contribution in [-0.2, 0) is 20.0 Å². The first-order valence-corrected chi connectivity index (χ1v) is 13.8. The van der Waals surface area contributed by atoms with Crippen molar-refractivity contribution in [3.8, 4) is 0 Å². The highest BCUT2D eigenvalue weighted by atomic mass is 32.2. The molecule has 0 aliphatic carbocycles. The number of epoxide rings is 1. The van der Waals surface area contributed by atoms with Crippen molar-refractivity contribution >= 4 is 29.5 Å². The van der Waals surface area contributed by atoms with Crippen molar-refractivity contribution in [3.63, 3.8) is 0 Å². The summed E-state index contributed by atoms with van der Waals surface area (Å²) < 4.78 is 25.7. The van der Waals surface area contributed by atoms with Crippen molar-refractivity contribution in [2.75, 3.05) is 6.61 Å². The lowest BCUT2D eigenvalue weighted by atomic mass is 10.2. The molecule has 0 radical (unpaired) electrons. The minimum atomic E-state index is -2.60. The molecule has 5 heteroatoms. The molecule has 0 N–H and O–H groups in total. The second-order valence-electron chi connectivity index (χ2n) is 9.13. The predicted molar refractivity (Wildman–Crippen MR) is 130 cm³/mol. The number of benzene rings is 3. The minimum Gasteiger partial charge on any atom is -0.405 e. The Balaban J connectivity index is 1.59. The van der Waals surface area contributed by atoms with Crippen LogP contribution in [0.1, 0.15) is 26.3 Å². The molecule has 1 unspecified atom stereocenters. The normalized spacial score (nSPS) is 19.7. The molecule has 3 atom stereocenters. The van der Waals surface area contributed by atoms with Gasteiger partial charge < -0.3 is 9.16 Å². The molecule has 3 aromatic rings. The van der Waals surface area contributed by atoms with E-state index < -0.39 is 19.1 Å². The second kappa shape index (κ2) is 8.83. The van der Waals surface area contributed by atoms with Crippen molar-refractivity contribution in [1.82, 2.24) is 0 Å². The molecule has 0 saturated carbocycles. The van der Waals surface area contributed by atoms with Gasteiger partial charge in [-0.05, 0) is 34.5 Å². The molecule has 3 aromatic carbocycles. The maximum Gasteiger partial charge on any atom is 0.261 e. The maximum absolute atomic E-state index is 12.9. The Kier molecular flexibility index (Phi) is 6.31. The van der Waals surface area contributed by atoms with Crippen LogP contribution in [0.15, 0.2) is 89.8 Å². The molecule has 0 spiro atoms. The summed E-state index contributed by atoms with van der Waals surface area (Å²) >= 11 is 0. The monoisotopic (exact) mass is 450 g/mol. The van der Waals surface area contributed by atoms with Crippen LogP contribution < -0.4 is 10.4 Å². The summed E-state index contributed by atoms with van der Waals surface area (Å²) in [4.78, 5) is 0.809. The van der Waals surface area contributed by atoms with Gasteiger partial charge in [-0.25, -0.2) is 0 Å². The van der Waals surface area contributed by atoms with E-state index in [0.29, 0.717) is 6.61 Å². The molecule has 0 amide bonds. The molecular weight excluding hydrogens is 420 g/mol. The summed E-state index contributed by atoms with van der Waals surface area (Å²) in [6.45, 7) is 9.25. The topological polar surface area (TPSA) is 38.8 Å². The lowest BCUT2D eigenvalue weighted by Crippen LogP contribution is -2.66. The van der Waals surface area contributed by atoms with Gasteiger partial charge in [0.15, 0.2) is 5.44 Å². The van der Waals surface area contributed by atoms with Gasteiger partial charge in [0, 0.05) is 4.90 Å². The smallest absolute Gasteiger partial charge is 0.261 e. The number of aryl methyl sites for hydroxylation is 1. The van der Waals surface area contributed by atoms with E-state index >= 15 is 0 Å². The molecule has 3 nitrogen and oxygen atoms in total. The standard InChI is InChI=1S/C26H30O3SSi/c1-20-15-17-21(18-16-20)30(27)25-24(29-25)19-28-31(26(2,3)4,22-11-7-5-8-12-22)23-13-9-6-10-14-23/h5-18,24-25H,19H2,1-4H3/t24-,25+,30?/m0/s1. The molecule has 1 saturated heterocycles. The van der Waals surface area contributed by atoms with E-state index in [-0.39, 0.29) is 16.6 Å². The van der Waals surface area contributed by atoms with Crippen LogP contribution in [0.25, 0.3) is 0 Å². The molecular formula is C26H30O3SSi. The fourth-order valence-electron chi connectivity index (χ4n) is 4.21. The predicted octanol–water partition coefficient (Wildman–Crippen LogP) is 4.40. The molecule has 1 fully saturated rings. The van der Waals surface area contributed by atoms with Crippen LogP contribution in [-0.4, -0.2) is 30.7 Å². The van der Waals surface area contributed by atoms with Crippen LogP contribution in [0.4, 0.5) is 0 Å². The van der Waals surface area contributed by atoms with E-state index in [2.05, 4.69) is 69.3 Å². The van der Waals surface area contributed by atoms with E-state index in [9.17, 15) is 4.21 Å². The van der Waals surface area contributed by atoms with Gasteiger partial charge in [0.2, 0.25) is 0 Å². The van der Waals surface area contributed by atoms with Gasteiger partial charge in [-0.1, -0.05) is 99.1 Å². The van der Waals surface area contributed by atoms with E-state index in [1.54, 1.807) is 0 Å². The van der Waals surface area contributed by atoms with Crippen molar-refractivity contribution in [2.24, 2.45) is 0 Å². The van der Waals surface area contributed by atoms with Crippen LogP contribution in [0, 0.1) is 6.92 Å². The van der Waals surface area contributed by atoms with Crippen LogP contribution in [0.2, 0.25) is 5.04 Å². The largest absolute Gasteiger partial charge is 0.405 e. The zero-order valence-electron chi connectivity index (χ0n) is 18.6. The maximum atomic E-state index is 12.9. The molecule has 4 rings (SSSR count). The molecule has 162 valence electrons. The SMILES string of the molecule is Cc1ccc(S(=O)[C@H]2O[C@H]2CO[Si](c2ccccc2)(c2ccccc2)C(C)(C)C)cc1. The van der Waals surface area contributed by atoms with Crippen molar-refractivity contribution < 1.29 is 13.4 Å². The average Bonchev–Trinajstić information content (AvgIpc) is 3.54. The minimum absolute atomic E-state index is 0.0871. The van der Waals surface area contributed by atoms with Gasteiger partial charge in [-0.3, -0.25) is 4.21 Å². The Labute approximate surface area is 189 Å². The first kappa shape index (κ1) is 22.2. The zero-order valence-corrected chi connectivity index (χ0v) is 20.4. The number of hydrogen-bond acceptors (Lipinski definition) is 3. The number of hydrogen-bond donors (Lipinski definition) is 0. The third-order valence-electron chi connectivity index (χ3n) is 5.88. The molecule has 1 aliphatic heterocycles. The van der Waals surface area contributed by atoms with Crippen LogP contribution in [0.3, 0.4) is 0 Å². The lowest BCUT2D eigenvalue weighted by Gasteiger charge is -2.43. The van der Waals surface area contributed by atoms with Gasteiger partial charge in [0.25, 0.3) is 8.32 Å². The Bertz CT molecular complexity index is 990. The third-order valence-corrected chi connectivity index (χ3v) is 12.5. The number of rotatable bonds is 7.